The number of Topliss-reactive ketones (excluding diaryl/α,β-unsaturated/α-hetero) is 1. The van der Waals surface area contributed by atoms with Gasteiger partial charge in [-0.25, -0.2) is 4.39 Å². The largest absolute Gasteiger partial charge is 0.294 e. The average molecular weight is 318 g/mol. The third kappa shape index (κ3) is 3.27. The Morgan fingerprint density at radius 3 is 2.53 bits per heavy atom. The van der Waals surface area contributed by atoms with Crippen LogP contribution in [-0.4, -0.2) is 5.78 Å². The Morgan fingerprint density at radius 2 is 1.84 bits per heavy atom. The summed E-state index contributed by atoms with van der Waals surface area (Å²) >= 11 is 17.4. The Morgan fingerprint density at radius 1 is 1.11 bits per heavy atom. The van der Waals surface area contributed by atoms with Crippen LogP contribution in [0.3, 0.4) is 0 Å². The molecule has 0 aliphatic carbocycles. The van der Waals surface area contributed by atoms with Gasteiger partial charge in [0.05, 0.1) is 10.0 Å². The number of benzene rings is 2. The highest BCUT2D eigenvalue weighted by Crippen LogP contribution is 2.27. The van der Waals surface area contributed by atoms with Gasteiger partial charge in [0.25, 0.3) is 0 Å². The lowest BCUT2D eigenvalue weighted by Gasteiger charge is -2.06. The van der Waals surface area contributed by atoms with E-state index in [1.807, 2.05) is 0 Å². The maximum absolute atomic E-state index is 13.6. The first-order valence-corrected chi connectivity index (χ1v) is 6.53. The molecule has 0 N–H and O–H groups in total. The standard InChI is InChI=1S/C14H8Cl3FO/c15-9-5-4-8(12(18)7-9)6-13(19)10-2-1-3-11(16)14(10)17/h1-5,7H,6H2. The summed E-state index contributed by atoms with van der Waals surface area (Å²) in [5.41, 5.74) is 0.550. The maximum atomic E-state index is 13.6. The number of halogens is 4. The van der Waals surface area contributed by atoms with Gasteiger partial charge in [-0.15, -0.1) is 0 Å². The quantitative estimate of drug-likeness (QED) is 0.710. The highest BCUT2D eigenvalue weighted by molar-refractivity contribution is 6.43. The zero-order chi connectivity index (χ0) is 14.0. The molecular formula is C14H8Cl3FO. The highest BCUT2D eigenvalue weighted by atomic mass is 35.5. The smallest absolute Gasteiger partial charge is 0.168 e. The predicted molar refractivity (Wildman–Crippen MR) is 75.9 cm³/mol. The second-order valence-corrected chi connectivity index (χ2v) is 5.16. The number of rotatable bonds is 3. The molecule has 0 saturated heterocycles. The Bertz CT molecular complexity index is 641. The van der Waals surface area contributed by atoms with Crippen LogP contribution in [0.4, 0.5) is 4.39 Å². The van der Waals surface area contributed by atoms with Crippen LogP contribution >= 0.6 is 34.8 Å². The van der Waals surface area contributed by atoms with Crippen molar-refractivity contribution in [3.05, 3.63) is 68.4 Å². The first-order valence-electron chi connectivity index (χ1n) is 5.40. The van der Waals surface area contributed by atoms with E-state index < -0.39 is 5.82 Å². The summed E-state index contributed by atoms with van der Waals surface area (Å²) in [5, 5.41) is 0.766. The Hall–Kier alpha value is -1.09. The van der Waals surface area contributed by atoms with Gasteiger partial charge in [-0.2, -0.15) is 0 Å². The van der Waals surface area contributed by atoms with Crippen LogP contribution in [0.25, 0.3) is 0 Å². The van der Waals surface area contributed by atoms with Crippen LogP contribution in [0.5, 0.6) is 0 Å². The normalized spacial score (nSPS) is 10.5. The highest BCUT2D eigenvalue weighted by Gasteiger charge is 2.15. The van der Waals surface area contributed by atoms with E-state index in [0.29, 0.717) is 5.02 Å². The van der Waals surface area contributed by atoms with Gasteiger partial charge in [0, 0.05) is 17.0 Å². The van der Waals surface area contributed by atoms with Crippen molar-refractivity contribution in [2.24, 2.45) is 0 Å². The molecule has 0 spiro atoms. The van der Waals surface area contributed by atoms with Crippen molar-refractivity contribution >= 4 is 40.6 Å². The van der Waals surface area contributed by atoms with Crippen molar-refractivity contribution in [3.63, 3.8) is 0 Å². The number of hydrogen-bond donors (Lipinski definition) is 0. The van der Waals surface area contributed by atoms with Crippen molar-refractivity contribution < 1.29 is 9.18 Å². The molecular weight excluding hydrogens is 310 g/mol. The molecule has 0 heterocycles. The van der Waals surface area contributed by atoms with E-state index in [9.17, 15) is 9.18 Å². The van der Waals surface area contributed by atoms with Gasteiger partial charge in [0.2, 0.25) is 0 Å². The number of ketones is 1. The van der Waals surface area contributed by atoms with Crippen molar-refractivity contribution in [2.45, 2.75) is 6.42 Å². The Labute approximate surface area is 124 Å². The van der Waals surface area contributed by atoms with Crippen LogP contribution in [0, 0.1) is 5.82 Å². The molecule has 0 aliphatic rings. The van der Waals surface area contributed by atoms with E-state index in [1.54, 1.807) is 18.2 Å². The fourth-order valence-corrected chi connectivity index (χ4v) is 2.22. The topological polar surface area (TPSA) is 17.1 Å². The minimum absolute atomic E-state index is 0.0942. The van der Waals surface area contributed by atoms with Crippen molar-refractivity contribution in [1.29, 1.82) is 0 Å². The summed E-state index contributed by atoms with van der Waals surface area (Å²) in [4.78, 5) is 12.1. The fraction of sp³-hybridized carbons (Fsp3) is 0.0714. The van der Waals surface area contributed by atoms with E-state index >= 15 is 0 Å². The third-order valence-corrected chi connectivity index (χ3v) is 3.67. The molecule has 2 aromatic rings. The molecule has 0 aromatic heterocycles. The third-order valence-electron chi connectivity index (χ3n) is 2.62. The SMILES string of the molecule is O=C(Cc1ccc(Cl)cc1F)c1cccc(Cl)c1Cl. The van der Waals surface area contributed by atoms with Crippen molar-refractivity contribution in [1.82, 2.24) is 0 Å². The second kappa shape index (κ2) is 5.91. The fourth-order valence-electron chi connectivity index (χ4n) is 1.65. The van der Waals surface area contributed by atoms with Crippen LogP contribution < -0.4 is 0 Å². The van der Waals surface area contributed by atoms with Crippen LogP contribution in [0.1, 0.15) is 15.9 Å². The molecule has 0 radical (unpaired) electrons. The molecule has 5 heteroatoms. The van der Waals surface area contributed by atoms with Crippen molar-refractivity contribution in [3.8, 4) is 0 Å². The summed E-state index contributed by atoms with van der Waals surface area (Å²) in [6.07, 6.45) is -0.0942. The van der Waals surface area contributed by atoms with E-state index in [2.05, 4.69) is 0 Å². The zero-order valence-electron chi connectivity index (χ0n) is 9.59. The van der Waals surface area contributed by atoms with E-state index in [-0.39, 0.29) is 33.4 Å². The molecule has 2 rings (SSSR count). The Balaban J connectivity index is 2.28. The summed E-state index contributed by atoms with van der Waals surface area (Å²) in [7, 11) is 0. The summed E-state index contributed by atoms with van der Waals surface area (Å²) in [6.45, 7) is 0. The van der Waals surface area contributed by atoms with Crippen molar-refractivity contribution in [2.75, 3.05) is 0 Å². The maximum Gasteiger partial charge on any atom is 0.168 e. The van der Waals surface area contributed by atoms with Gasteiger partial charge in [0.15, 0.2) is 5.78 Å². The lowest BCUT2D eigenvalue weighted by Crippen LogP contribution is -2.06. The summed E-state index contributed by atoms with van der Waals surface area (Å²) in [6, 6.07) is 8.96. The van der Waals surface area contributed by atoms with E-state index in [4.69, 9.17) is 34.8 Å². The predicted octanol–water partition coefficient (Wildman–Crippen LogP) is 5.21. The first kappa shape index (κ1) is 14.3. The first-order chi connectivity index (χ1) is 8.99. The van der Waals surface area contributed by atoms with E-state index in [1.165, 1.54) is 18.2 Å². The molecule has 2 aromatic carbocycles. The molecule has 0 saturated carbocycles. The number of hydrogen-bond acceptors (Lipinski definition) is 1. The number of carbonyl (C=O) groups excluding carboxylic acids is 1. The lowest BCUT2D eigenvalue weighted by molar-refractivity contribution is 0.0992. The molecule has 19 heavy (non-hydrogen) atoms. The molecule has 98 valence electrons. The molecule has 0 atom stereocenters. The van der Waals surface area contributed by atoms with Gasteiger partial charge in [-0.3, -0.25) is 4.79 Å². The summed E-state index contributed by atoms with van der Waals surface area (Å²) in [5.74, 6) is -0.812. The lowest BCUT2D eigenvalue weighted by atomic mass is 10.0. The van der Waals surface area contributed by atoms with Crippen LogP contribution in [0.2, 0.25) is 15.1 Å². The minimum atomic E-state index is -0.515. The van der Waals surface area contributed by atoms with Gasteiger partial charge >= 0.3 is 0 Å². The Kier molecular flexibility index (Phi) is 4.46. The molecule has 0 fully saturated rings. The van der Waals surface area contributed by atoms with Gasteiger partial charge in [-0.1, -0.05) is 46.9 Å². The molecule has 0 amide bonds. The van der Waals surface area contributed by atoms with Crippen LogP contribution in [-0.2, 0) is 6.42 Å². The van der Waals surface area contributed by atoms with Gasteiger partial charge in [-0.05, 0) is 29.8 Å². The second-order valence-electron chi connectivity index (χ2n) is 3.94. The molecule has 1 nitrogen and oxygen atoms in total. The molecule has 0 unspecified atom stereocenters. The molecule has 0 aliphatic heterocycles. The monoisotopic (exact) mass is 316 g/mol. The molecule has 0 bridgehead atoms. The minimum Gasteiger partial charge on any atom is -0.294 e. The van der Waals surface area contributed by atoms with E-state index in [0.717, 1.165) is 0 Å². The van der Waals surface area contributed by atoms with Gasteiger partial charge < -0.3 is 0 Å². The van der Waals surface area contributed by atoms with Crippen LogP contribution in [0.15, 0.2) is 36.4 Å². The zero-order valence-corrected chi connectivity index (χ0v) is 11.9. The number of carbonyl (C=O) groups is 1. The van der Waals surface area contributed by atoms with Gasteiger partial charge in [0.1, 0.15) is 5.82 Å². The average Bonchev–Trinajstić information content (AvgIpc) is 2.36. The summed E-state index contributed by atoms with van der Waals surface area (Å²) < 4.78 is 13.6.